The van der Waals surface area contributed by atoms with Gasteiger partial charge in [0, 0.05) is 24.2 Å². The Kier molecular flexibility index (Phi) is 4.74. The van der Waals surface area contributed by atoms with Gasteiger partial charge in [-0.2, -0.15) is 0 Å². The molecule has 100 valence electrons. The van der Waals surface area contributed by atoms with E-state index in [1.165, 1.54) is 0 Å². The van der Waals surface area contributed by atoms with Crippen LogP contribution in [0, 0.1) is 0 Å². The molecule has 2 aromatic heterocycles. The van der Waals surface area contributed by atoms with Crippen LogP contribution < -0.4 is 5.32 Å². The van der Waals surface area contributed by atoms with Gasteiger partial charge in [0.25, 0.3) is 5.91 Å². The molecule has 1 N–H and O–H groups in total. The molecule has 0 saturated heterocycles. The van der Waals surface area contributed by atoms with Gasteiger partial charge < -0.3 is 9.73 Å². The van der Waals surface area contributed by atoms with Crippen molar-refractivity contribution in [1.29, 1.82) is 0 Å². The zero-order valence-corrected chi connectivity index (χ0v) is 12.2. The SMILES string of the molecule is CC(CCc1ccco1)NC(=O)c1ccnc(Br)c1. The lowest BCUT2D eigenvalue weighted by Crippen LogP contribution is -2.32. The van der Waals surface area contributed by atoms with Crippen molar-refractivity contribution >= 4 is 21.8 Å². The van der Waals surface area contributed by atoms with Crippen molar-refractivity contribution in [2.45, 2.75) is 25.8 Å². The monoisotopic (exact) mass is 322 g/mol. The molecule has 19 heavy (non-hydrogen) atoms. The smallest absolute Gasteiger partial charge is 0.251 e. The zero-order valence-electron chi connectivity index (χ0n) is 10.6. The number of carbonyl (C=O) groups excluding carboxylic acids is 1. The minimum Gasteiger partial charge on any atom is -0.469 e. The third-order valence-electron chi connectivity index (χ3n) is 2.77. The Morgan fingerprint density at radius 2 is 2.37 bits per heavy atom. The molecule has 0 fully saturated rings. The summed E-state index contributed by atoms with van der Waals surface area (Å²) in [7, 11) is 0. The fourth-order valence-electron chi connectivity index (χ4n) is 1.74. The summed E-state index contributed by atoms with van der Waals surface area (Å²) in [4.78, 5) is 16.0. The summed E-state index contributed by atoms with van der Waals surface area (Å²) in [6.45, 7) is 1.98. The average Bonchev–Trinajstić information content (AvgIpc) is 2.89. The van der Waals surface area contributed by atoms with Crippen LogP contribution in [-0.4, -0.2) is 16.9 Å². The molecule has 2 aromatic rings. The fourth-order valence-corrected chi connectivity index (χ4v) is 2.10. The number of pyridine rings is 1. The van der Waals surface area contributed by atoms with E-state index in [1.807, 2.05) is 19.1 Å². The third-order valence-corrected chi connectivity index (χ3v) is 3.20. The summed E-state index contributed by atoms with van der Waals surface area (Å²) in [6.07, 6.45) is 4.92. The zero-order chi connectivity index (χ0) is 13.7. The highest BCUT2D eigenvalue weighted by Gasteiger charge is 2.10. The van der Waals surface area contributed by atoms with Gasteiger partial charge in [-0.25, -0.2) is 4.98 Å². The first-order valence-electron chi connectivity index (χ1n) is 6.10. The molecule has 1 atom stereocenters. The molecular weight excluding hydrogens is 308 g/mol. The number of rotatable bonds is 5. The molecule has 1 amide bonds. The molecule has 0 bridgehead atoms. The number of hydrogen-bond acceptors (Lipinski definition) is 3. The van der Waals surface area contributed by atoms with E-state index in [2.05, 4.69) is 26.2 Å². The van der Waals surface area contributed by atoms with Crippen LogP contribution in [0.2, 0.25) is 0 Å². The topological polar surface area (TPSA) is 55.1 Å². The maximum atomic E-state index is 12.0. The highest BCUT2D eigenvalue weighted by atomic mass is 79.9. The van der Waals surface area contributed by atoms with Crippen molar-refractivity contribution in [3.8, 4) is 0 Å². The van der Waals surface area contributed by atoms with E-state index >= 15 is 0 Å². The molecule has 0 spiro atoms. The summed E-state index contributed by atoms with van der Waals surface area (Å²) < 4.78 is 5.92. The third kappa shape index (κ3) is 4.21. The lowest BCUT2D eigenvalue weighted by atomic mass is 10.1. The fraction of sp³-hybridized carbons (Fsp3) is 0.286. The minimum absolute atomic E-state index is 0.0875. The molecule has 0 aliphatic heterocycles. The van der Waals surface area contributed by atoms with E-state index in [-0.39, 0.29) is 11.9 Å². The lowest BCUT2D eigenvalue weighted by molar-refractivity contribution is 0.0938. The molecule has 0 aliphatic carbocycles. The van der Waals surface area contributed by atoms with Crippen molar-refractivity contribution in [1.82, 2.24) is 10.3 Å². The van der Waals surface area contributed by atoms with Crippen LogP contribution in [0.3, 0.4) is 0 Å². The number of halogens is 1. The van der Waals surface area contributed by atoms with Crippen LogP contribution in [-0.2, 0) is 6.42 Å². The number of aromatic nitrogens is 1. The molecule has 2 rings (SSSR count). The Hall–Kier alpha value is -1.62. The molecule has 2 heterocycles. The molecule has 5 heteroatoms. The van der Waals surface area contributed by atoms with Gasteiger partial charge in [-0.05, 0) is 53.5 Å². The summed E-state index contributed by atoms with van der Waals surface area (Å²) in [5, 5.41) is 2.96. The number of amides is 1. The largest absolute Gasteiger partial charge is 0.469 e. The van der Waals surface area contributed by atoms with Gasteiger partial charge in [0.2, 0.25) is 0 Å². The lowest BCUT2D eigenvalue weighted by Gasteiger charge is -2.13. The van der Waals surface area contributed by atoms with Crippen molar-refractivity contribution in [2.24, 2.45) is 0 Å². The summed E-state index contributed by atoms with van der Waals surface area (Å²) >= 11 is 3.25. The maximum absolute atomic E-state index is 12.0. The van der Waals surface area contributed by atoms with E-state index in [9.17, 15) is 4.79 Å². The van der Waals surface area contributed by atoms with Crippen molar-refractivity contribution in [3.63, 3.8) is 0 Å². The number of aryl methyl sites for hydroxylation is 1. The van der Waals surface area contributed by atoms with Crippen LogP contribution in [0.15, 0.2) is 45.7 Å². The Labute approximate surface area is 120 Å². The summed E-state index contributed by atoms with van der Waals surface area (Å²) in [5.41, 5.74) is 0.603. The van der Waals surface area contributed by atoms with Gasteiger partial charge >= 0.3 is 0 Å². The van der Waals surface area contributed by atoms with Crippen LogP contribution in [0.25, 0.3) is 0 Å². The highest BCUT2D eigenvalue weighted by molar-refractivity contribution is 9.10. The van der Waals surface area contributed by atoms with E-state index < -0.39 is 0 Å². The second-order valence-electron chi connectivity index (χ2n) is 4.36. The van der Waals surface area contributed by atoms with Gasteiger partial charge in [0.05, 0.1) is 6.26 Å². The maximum Gasteiger partial charge on any atom is 0.251 e. The molecule has 4 nitrogen and oxygen atoms in total. The van der Waals surface area contributed by atoms with Gasteiger partial charge in [0.1, 0.15) is 10.4 Å². The molecule has 0 saturated carbocycles. The Morgan fingerprint density at radius 1 is 1.53 bits per heavy atom. The molecule has 1 unspecified atom stereocenters. The van der Waals surface area contributed by atoms with Crippen molar-refractivity contribution in [2.75, 3.05) is 0 Å². The highest BCUT2D eigenvalue weighted by Crippen LogP contribution is 2.09. The number of carbonyl (C=O) groups is 1. The number of hydrogen-bond donors (Lipinski definition) is 1. The van der Waals surface area contributed by atoms with E-state index in [4.69, 9.17) is 4.42 Å². The van der Waals surface area contributed by atoms with E-state index in [0.717, 1.165) is 18.6 Å². The first-order valence-corrected chi connectivity index (χ1v) is 6.89. The second kappa shape index (κ2) is 6.52. The predicted octanol–water partition coefficient (Wildman–Crippen LogP) is 3.19. The van der Waals surface area contributed by atoms with Gasteiger partial charge in [-0.15, -0.1) is 0 Å². The van der Waals surface area contributed by atoms with E-state index in [1.54, 1.807) is 24.6 Å². The quantitative estimate of drug-likeness (QED) is 0.860. The van der Waals surface area contributed by atoms with Gasteiger partial charge in [0.15, 0.2) is 0 Å². The number of nitrogens with one attached hydrogen (secondary N) is 1. The first kappa shape index (κ1) is 13.8. The Balaban J connectivity index is 1.84. The molecular formula is C14H15BrN2O2. The van der Waals surface area contributed by atoms with Crippen LogP contribution in [0.4, 0.5) is 0 Å². The minimum atomic E-state index is -0.0879. The van der Waals surface area contributed by atoms with Crippen molar-refractivity contribution < 1.29 is 9.21 Å². The van der Waals surface area contributed by atoms with Crippen molar-refractivity contribution in [3.05, 3.63) is 52.7 Å². The molecule has 0 aromatic carbocycles. The van der Waals surface area contributed by atoms with Crippen LogP contribution >= 0.6 is 15.9 Å². The number of nitrogens with zero attached hydrogens (tertiary/aromatic N) is 1. The molecule has 0 radical (unpaired) electrons. The first-order chi connectivity index (χ1) is 9.15. The normalized spacial score (nSPS) is 12.1. The standard InChI is InChI=1S/C14H15BrN2O2/c1-10(4-5-12-3-2-8-19-12)17-14(18)11-6-7-16-13(15)9-11/h2-3,6-10H,4-5H2,1H3,(H,17,18). The summed E-state index contributed by atoms with van der Waals surface area (Å²) in [5.74, 6) is 0.850. The number of furan rings is 1. The second-order valence-corrected chi connectivity index (χ2v) is 5.17. The molecule has 0 aliphatic rings. The van der Waals surface area contributed by atoms with Crippen LogP contribution in [0.5, 0.6) is 0 Å². The van der Waals surface area contributed by atoms with Gasteiger partial charge in [-0.3, -0.25) is 4.79 Å². The van der Waals surface area contributed by atoms with E-state index in [0.29, 0.717) is 10.2 Å². The predicted molar refractivity (Wildman–Crippen MR) is 75.9 cm³/mol. The summed E-state index contributed by atoms with van der Waals surface area (Å²) in [6, 6.07) is 7.29. The van der Waals surface area contributed by atoms with Gasteiger partial charge in [-0.1, -0.05) is 0 Å². The van der Waals surface area contributed by atoms with Crippen LogP contribution in [0.1, 0.15) is 29.5 Å². The average molecular weight is 323 g/mol. The Morgan fingerprint density at radius 3 is 3.05 bits per heavy atom. The Bertz CT molecular complexity index is 540.